The number of aliphatic hydroxyl groups is 2. The van der Waals surface area contributed by atoms with Gasteiger partial charge < -0.3 is 14.9 Å². The lowest BCUT2D eigenvalue weighted by atomic mass is 10.2. The zero-order valence-electron chi connectivity index (χ0n) is 11.0. The highest BCUT2D eigenvalue weighted by Gasteiger charge is 2.35. The molecule has 1 saturated heterocycles. The number of ether oxygens (including phenoxy) is 1. The lowest BCUT2D eigenvalue weighted by Gasteiger charge is -2.14. The van der Waals surface area contributed by atoms with Gasteiger partial charge in [0.15, 0.2) is 0 Å². The summed E-state index contributed by atoms with van der Waals surface area (Å²) in [6.07, 6.45) is -0.241. The molecule has 108 valence electrons. The number of hydrogen-bond acceptors (Lipinski definition) is 5. The van der Waals surface area contributed by atoms with Crippen molar-refractivity contribution in [1.82, 2.24) is 9.55 Å². The molecule has 1 aromatic rings. The molecule has 0 spiro atoms. The van der Waals surface area contributed by atoms with Gasteiger partial charge in [0, 0.05) is 19.0 Å². The Morgan fingerprint density at radius 3 is 2.90 bits per heavy atom. The number of aromatic nitrogens is 2. The summed E-state index contributed by atoms with van der Waals surface area (Å²) in [6.45, 7) is 1.51. The van der Waals surface area contributed by atoms with Crippen molar-refractivity contribution in [2.24, 2.45) is 0 Å². The maximum absolute atomic E-state index is 11.8. The van der Waals surface area contributed by atoms with Crippen LogP contribution in [-0.4, -0.2) is 38.6 Å². The molecular weight excluding hydrogens is 264 g/mol. The van der Waals surface area contributed by atoms with Crippen LogP contribution in [0.2, 0.25) is 0 Å². The van der Waals surface area contributed by atoms with Crippen LogP contribution in [0.5, 0.6) is 0 Å². The summed E-state index contributed by atoms with van der Waals surface area (Å²) >= 11 is 0. The van der Waals surface area contributed by atoms with Gasteiger partial charge in [0.05, 0.1) is 12.7 Å². The van der Waals surface area contributed by atoms with E-state index in [2.05, 4.69) is 16.8 Å². The van der Waals surface area contributed by atoms with Gasteiger partial charge in [0.2, 0.25) is 0 Å². The summed E-state index contributed by atoms with van der Waals surface area (Å²) in [4.78, 5) is 25.6. The Hall–Kier alpha value is -1.88. The van der Waals surface area contributed by atoms with E-state index in [0.717, 1.165) is 0 Å². The molecule has 2 rings (SSSR count). The van der Waals surface area contributed by atoms with Gasteiger partial charge in [-0.25, -0.2) is 4.79 Å². The fourth-order valence-electron chi connectivity index (χ4n) is 2.02. The van der Waals surface area contributed by atoms with E-state index in [1.54, 1.807) is 0 Å². The number of aromatic amines is 1. The fraction of sp³-hybridized carbons (Fsp3) is 0.538. The number of nitrogens with one attached hydrogen (secondary N) is 1. The largest absolute Gasteiger partial charge is 0.394 e. The minimum Gasteiger partial charge on any atom is -0.394 e. The first kappa shape index (κ1) is 14.5. The standard InChI is InChI=1S/C13H16N2O5/c1-2-3-4-8-6-15(13(19)14-12(8)18)11-5-9(17)10(7-16)20-11/h6,9-11,16-17H,2,5,7H2,1H3,(H,14,18,19)/t9-,10+,11+/m0/s1. The Balaban J connectivity index is 2.38. The predicted octanol–water partition coefficient (Wildman–Crippen LogP) is -1.06. The molecule has 1 aliphatic heterocycles. The highest BCUT2D eigenvalue weighted by molar-refractivity contribution is 5.29. The molecule has 3 N–H and O–H groups in total. The minimum atomic E-state index is -0.853. The third-order valence-corrected chi connectivity index (χ3v) is 3.06. The second kappa shape index (κ2) is 6.05. The van der Waals surface area contributed by atoms with E-state index >= 15 is 0 Å². The summed E-state index contributed by atoms with van der Waals surface area (Å²) in [5, 5.41) is 18.7. The van der Waals surface area contributed by atoms with Crippen molar-refractivity contribution in [2.45, 2.75) is 38.2 Å². The smallest absolute Gasteiger partial charge is 0.330 e. The zero-order valence-corrected chi connectivity index (χ0v) is 11.0. The predicted molar refractivity (Wildman–Crippen MR) is 70.1 cm³/mol. The maximum Gasteiger partial charge on any atom is 0.330 e. The molecule has 1 aliphatic rings. The van der Waals surface area contributed by atoms with Crippen molar-refractivity contribution in [3.63, 3.8) is 0 Å². The average molecular weight is 280 g/mol. The van der Waals surface area contributed by atoms with Crippen molar-refractivity contribution in [3.05, 3.63) is 32.6 Å². The summed E-state index contributed by atoms with van der Waals surface area (Å²) in [5.41, 5.74) is -1.02. The number of nitrogens with zero attached hydrogens (tertiary/aromatic N) is 1. The van der Waals surface area contributed by atoms with Crippen molar-refractivity contribution in [3.8, 4) is 11.8 Å². The zero-order chi connectivity index (χ0) is 14.7. The molecular formula is C13H16N2O5. The van der Waals surface area contributed by atoms with Gasteiger partial charge in [-0.3, -0.25) is 14.3 Å². The van der Waals surface area contributed by atoms with E-state index in [0.29, 0.717) is 6.42 Å². The van der Waals surface area contributed by atoms with Crippen LogP contribution in [0.3, 0.4) is 0 Å². The van der Waals surface area contributed by atoms with Crippen LogP contribution in [-0.2, 0) is 4.74 Å². The molecule has 0 amide bonds. The molecule has 2 heterocycles. The molecule has 0 aliphatic carbocycles. The van der Waals surface area contributed by atoms with Gasteiger partial charge in [-0.05, 0) is 0 Å². The van der Waals surface area contributed by atoms with Crippen LogP contribution >= 0.6 is 0 Å². The van der Waals surface area contributed by atoms with Gasteiger partial charge in [-0.2, -0.15) is 0 Å². The normalized spacial score (nSPS) is 25.2. The third-order valence-electron chi connectivity index (χ3n) is 3.06. The van der Waals surface area contributed by atoms with Crippen LogP contribution in [0, 0.1) is 11.8 Å². The SMILES string of the molecule is CCC#Cc1cn([C@H]2C[C@H](O)[C@@H](CO)O2)c(=O)[nH]c1=O. The number of H-pyrrole nitrogens is 1. The first-order chi connectivity index (χ1) is 9.56. The second-order valence-electron chi connectivity index (χ2n) is 4.48. The summed E-state index contributed by atoms with van der Waals surface area (Å²) in [5.74, 6) is 5.42. The molecule has 0 saturated carbocycles. The van der Waals surface area contributed by atoms with E-state index in [9.17, 15) is 14.7 Å². The first-order valence-corrected chi connectivity index (χ1v) is 6.35. The fourth-order valence-corrected chi connectivity index (χ4v) is 2.02. The number of aliphatic hydroxyl groups excluding tert-OH is 2. The molecule has 0 unspecified atom stereocenters. The first-order valence-electron chi connectivity index (χ1n) is 6.35. The van der Waals surface area contributed by atoms with Gasteiger partial charge in [0.1, 0.15) is 17.9 Å². The summed E-state index contributed by atoms with van der Waals surface area (Å²) < 4.78 is 6.56. The van der Waals surface area contributed by atoms with E-state index in [1.165, 1.54) is 10.8 Å². The van der Waals surface area contributed by atoms with Crippen molar-refractivity contribution < 1.29 is 14.9 Å². The lowest BCUT2D eigenvalue weighted by molar-refractivity contribution is -0.0459. The Morgan fingerprint density at radius 1 is 1.55 bits per heavy atom. The number of hydrogen-bond donors (Lipinski definition) is 3. The molecule has 1 fully saturated rings. The number of rotatable bonds is 2. The molecule has 1 aromatic heterocycles. The van der Waals surface area contributed by atoms with Crippen LogP contribution in [0.15, 0.2) is 15.8 Å². The molecule has 0 aromatic carbocycles. The topological polar surface area (TPSA) is 105 Å². The monoisotopic (exact) mass is 280 g/mol. The highest BCUT2D eigenvalue weighted by atomic mass is 16.5. The second-order valence-corrected chi connectivity index (χ2v) is 4.48. The Bertz CT molecular complexity index is 651. The minimum absolute atomic E-state index is 0.164. The van der Waals surface area contributed by atoms with Crippen LogP contribution in [0.25, 0.3) is 0 Å². The quantitative estimate of drug-likeness (QED) is 0.599. The Labute approximate surface area is 114 Å². The van der Waals surface area contributed by atoms with Crippen molar-refractivity contribution >= 4 is 0 Å². The summed E-state index contributed by atoms with van der Waals surface area (Å²) in [7, 11) is 0. The lowest BCUT2D eigenvalue weighted by Crippen LogP contribution is -2.33. The van der Waals surface area contributed by atoms with Crippen LogP contribution < -0.4 is 11.2 Å². The van der Waals surface area contributed by atoms with E-state index < -0.39 is 29.7 Å². The van der Waals surface area contributed by atoms with E-state index in [-0.39, 0.29) is 18.6 Å². The van der Waals surface area contributed by atoms with Gasteiger partial charge in [-0.1, -0.05) is 18.8 Å². The van der Waals surface area contributed by atoms with Crippen molar-refractivity contribution in [1.29, 1.82) is 0 Å². The van der Waals surface area contributed by atoms with Crippen LogP contribution in [0.1, 0.15) is 31.6 Å². The van der Waals surface area contributed by atoms with Gasteiger partial charge in [0.25, 0.3) is 5.56 Å². The summed E-state index contributed by atoms with van der Waals surface area (Å²) in [6, 6.07) is 0. The van der Waals surface area contributed by atoms with Gasteiger partial charge in [-0.15, -0.1) is 0 Å². The Morgan fingerprint density at radius 2 is 2.30 bits per heavy atom. The van der Waals surface area contributed by atoms with Crippen molar-refractivity contribution in [2.75, 3.05) is 6.61 Å². The van der Waals surface area contributed by atoms with Crippen LogP contribution in [0.4, 0.5) is 0 Å². The Kier molecular flexibility index (Phi) is 4.39. The van der Waals surface area contributed by atoms with E-state index in [4.69, 9.17) is 9.84 Å². The molecule has 20 heavy (non-hydrogen) atoms. The highest BCUT2D eigenvalue weighted by Crippen LogP contribution is 2.27. The van der Waals surface area contributed by atoms with E-state index in [1.807, 2.05) is 6.92 Å². The third kappa shape index (κ3) is 2.82. The maximum atomic E-state index is 11.8. The molecule has 0 radical (unpaired) electrons. The molecule has 7 nitrogen and oxygen atoms in total. The van der Waals surface area contributed by atoms with Gasteiger partial charge >= 0.3 is 5.69 Å². The molecule has 7 heteroatoms. The molecule has 3 atom stereocenters. The molecule has 0 bridgehead atoms. The average Bonchev–Trinajstić information content (AvgIpc) is 2.79.